The first-order valence-electron chi connectivity index (χ1n) is 11.4. The maximum atomic E-state index is 14.9. The van der Waals surface area contributed by atoms with Gasteiger partial charge in [-0.25, -0.2) is 14.4 Å². The number of hydrogen-bond acceptors (Lipinski definition) is 7. The molecule has 5 rings (SSSR count). The van der Waals surface area contributed by atoms with Gasteiger partial charge in [0.25, 0.3) is 0 Å². The first kappa shape index (κ1) is 24.1. The Morgan fingerprint density at radius 3 is 2.46 bits per heavy atom. The molecule has 186 valence electrons. The molecule has 10 heteroatoms. The topological polar surface area (TPSA) is 87.9 Å². The molecule has 0 bridgehead atoms. The fourth-order valence-corrected chi connectivity index (χ4v) is 5.84. The molecule has 1 saturated heterocycles. The molecule has 0 amide bonds. The second-order valence-corrected chi connectivity index (χ2v) is 12.3. The number of fused-ring (bicyclic) bond motifs is 1. The van der Waals surface area contributed by atoms with Gasteiger partial charge in [0.1, 0.15) is 10.6 Å². The standard InChI is InChI=1S/C25H27ClFN3O4S/c1-25(2)34-22-12-18(4-6-23(22)35(25,31)32)17-3-5-21(20(27)11-17)33-15-16-7-9-30(10-8-16)24-28-13-19(26)14-29-24/h3-6,11-14,16,31-32H,7-10,15H2,1-2H3. The van der Waals surface area contributed by atoms with Crippen molar-refractivity contribution in [2.75, 3.05) is 24.6 Å². The zero-order chi connectivity index (χ0) is 24.8. The number of ether oxygens (including phenoxy) is 2. The van der Waals surface area contributed by atoms with Crippen LogP contribution in [-0.4, -0.2) is 43.7 Å². The van der Waals surface area contributed by atoms with Crippen molar-refractivity contribution in [1.82, 2.24) is 9.97 Å². The first-order chi connectivity index (χ1) is 16.6. The lowest BCUT2D eigenvalue weighted by atomic mass is 9.98. The number of halogens is 2. The van der Waals surface area contributed by atoms with Crippen molar-refractivity contribution in [3.63, 3.8) is 0 Å². The fourth-order valence-electron chi connectivity index (χ4n) is 4.36. The van der Waals surface area contributed by atoms with E-state index in [4.69, 9.17) is 21.1 Å². The minimum atomic E-state index is -3.07. The molecule has 2 N–H and O–H groups in total. The second kappa shape index (κ2) is 9.13. The molecule has 7 nitrogen and oxygen atoms in total. The van der Waals surface area contributed by atoms with E-state index in [0.717, 1.165) is 31.5 Å². The molecular weight excluding hydrogens is 493 g/mol. The molecule has 0 aliphatic carbocycles. The highest BCUT2D eigenvalue weighted by Gasteiger charge is 2.46. The van der Waals surface area contributed by atoms with Crippen LogP contribution in [0.3, 0.4) is 0 Å². The third kappa shape index (κ3) is 4.65. The molecule has 2 aliphatic heterocycles. The quantitative estimate of drug-likeness (QED) is 0.399. The van der Waals surface area contributed by atoms with Crippen molar-refractivity contribution >= 4 is 28.1 Å². The van der Waals surface area contributed by atoms with E-state index in [1.165, 1.54) is 6.07 Å². The lowest BCUT2D eigenvalue weighted by Crippen LogP contribution is -2.36. The number of anilines is 1. The molecule has 0 atom stereocenters. The Hall–Kier alpha value is -2.59. The SMILES string of the molecule is CC1(C)Oc2cc(-c3ccc(OCC4CCN(c5ncc(Cl)cn5)CC4)c(F)c3)ccc2S1(O)O. The van der Waals surface area contributed by atoms with E-state index in [1.807, 2.05) is 0 Å². The molecular formula is C25H27ClFN3O4S. The van der Waals surface area contributed by atoms with Crippen LogP contribution in [-0.2, 0) is 0 Å². The van der Waals surface area contributed by atoms with Gasteiger partial charge in [-0.05, 0) is 68.0 Å². The Bertz CT molecular complexity index is 1230. The molecule has 0 spiro atoms. The van der Waals surface area contributed by atoms with Crippen LogP contribution in [0.1, 0.15) is 26.7 Å². The predicted octanol–water partition coefficient (Wildman–Crippen LogP) is 6.47. The molecule has 2 aliphatic rings. The van der Waals surface area contributed by atoms with E-state index in [2.05, 4.69) is 14.9 Å². The van der Waals surface area contributed by atoms with Crippen molar-refractivity contribution in [1.29, 1.82) is 0 Å². The molecule has 1 fully saturated rings. The fraction of sp³-hybridized carbons (Fsp3) is 0.360. The average molecular weight is 520 g/mol. The summed E-state index contributed by atoms with van der Waals surface area (Å²) < 4.78 is 47.4. The Morgan fingerprint density at radius 1 is 1.11 bits per heavy atom. The van der Waals surface area contributed by atoms with Crippen LogP contribution in [0.15, 0.2) is 53.7 Å². The zero-order valence-corrected chi connectivity index (χ0v) is 21.0. The summed E-state index contributed by atoms with van der Waals surface area (Å²) in [6, 6.07) is 9.94. The highest BCUT2D eigenvalue weighted by molar-refractivity contribution is 8.25. The van der Waals surface area contributed by atoms with Gasteiger partial charge in [0.2, 0.25) is 5.95 Å². The molecule has 1 aromatic heterocycles. The van der Waals surface area contributed by atoms with Gasteiger partial charge in [-0.15, -0.1) is 10.6 Å². The lowest BCUT2D eigenvalue weighted by molar-refractivity contribution is 0.193. The van der Waals surface area contributed by atoms with Crippen molar-refractivity contribution in [2.45, 2.75) is 36.5 Å². The second-order valence-electron chi connectivity index (χ2n) is 9.30. The summed E-state index contributed by atoms with van der Waals surface area (Å²) in [6.07, 6.45) is 4.98. The monoisotopic (exact) mass is 519 g/mol. The van der Waals surface area contributed by atoms with E-state index in [-0.39, 0.29) is 5.75 Å². The summed E-state index contributed by atoms with van der Waals surface area (Å²) in [5.74, 6) is 1.16. The van der Waals surface area contributed by atoms with Gasteiger partial charge in [-0.3, -0.25) is 9.11 Å². The number of aromatic nitrogens is 2. The maximum Gasteiger partial charge on any atom is 0.225 e. The third-order valence-electron chi connectivity index (χ3n) is 6.54. The highest BCUT2D eigenvalue weighted by atomic mass is 35.5. The molecule has 35 heavy (non-hydrogen) atoms. The van der Waals surface area contributed by atoms with Crippen LogP contribution >= 0.6 is 22.2 Å². The van der Waals surface area contributed by atoms with E-state index < -0.39 is 21.3 Å². The number of rotatable bonds is 5. The van der Waals surface area contributed by atoms with E-state index in [0.29, 0.717) is 39.7 Å². The lowest BCUT2D eigenvalue weighted by Gasteiger charge is -2.38. The molecule has 3 aromatic rings. The normalized spacial score (nSPS) is 19.7. The average Bonchev–Trinajstić information content (AvgIpc) is 3.02. The van der Waals surface area contributed by atoms with Gasteiger partial charge in [-0.1, -0.05) is 23.7 Å². The van der Waals surface area contributed by atoms with Crippen molar-refractivity contribution in [2.24, 2.45) is 5.92 Å². The predicted molar refractivity (Wildman–Crippen MR) is 135 cm³/mol. The number of piperidine rings is 1. The summed E-state index contributed by atoms with van der Waals surface area (Å²) in [6.45, 7) is 5.33. The summed E-state index contributed by atoms with van der Waals surface area (Å²) in [7, 11) is -3.07. The van der Waals surface area contributed by atoms with Gasteiger partial charge < -0.3 is 14.4 Å². The Morgan fingerprint density at radius 2 is 1.77 bits per heavy atom. The summed E-state index contributed by atoms with van der Waals surface area (Å²) in [5, 5.41) is 0.511. The van der Waals surface area contributed by atoms with Crippen LogP contribution in [0.4, 0.5) is 10.3 Å². The number of hydrogen-bond donors (Lipinski definition) is 2. The minimum Gasteiger partial charge on any atom is -0.490 e. The van der Waals surface area contributed by atoms with Crippen LogP contribution in [0.25, 0.3) is 11.1 Å². The van der Waals surface area contributed by atoms with Gasteiger partial charge in [0, 0.05) is 13.1 Å². The summed E-state index contributed by atoms with van der Waals surface area (Å²) in [5.41, 5.74) is 1.37. The van der Waals surface area contributed by atoms with Crippen LogP contribution < -0.4 is 14.4 Å². The summed E-state index contributed by atoms with van der Waals surface area (Å²) >= 11 is 5.86. The largest absolute Gasteiger partial charge is 0.490 e. The van der Waals surface area contributed by atoms with Crippen LogP contribution in [0.2, 0.25) is 5.02 Å². The zero-order valence-electron chi connectivity index (χ0n) is 19.4. The van der Waals surface area contributed by atoms with Crippen molar-refractivity contribution in [3.8, 4) is 22.6 Å². The smallest absolute Gasteiger partial charge is 0.225 e. The van der Waals surface area contributed by atoms with Gasteiger partial charge >= 0.3 is 0 Å². The Balaban J connectivity index is 1.20. The molecule has 0 saturated carbocycles. The van der Waals surface area contributed by atoms with Crippen LogP contribution in [0.5, 0.6) is 11.5 Å². The Kier molecular flexibility index (Phi) is 6.29. The third-order valence-corrected chi connectivity index (χ3v) is 9.14. The van der Waals surface area contributed by atoms with E-state index >= 15 is 0 Å². The van der Waals surface area contributed by atoms with E-state index in [1.54, 1.807) is 56.6 Å². The van der Waals surface area contributed by atoms with Crippen molar-refractivity contribution in [3.05, 3.63) is 59.6 Å². The molecule has 0 unspecified atom stereocenters. The minimum absolute atomic E-state index is 0.213. The van der Waals surface area contributed by atoms with Gasteiger partial charge in [-0.2, -0.15) is 0 Å². The summed E-state index contributed by atoms with van der Waals surface area (Å²) in [4.78, 5) is 9.93. The first-order valence-corrected chi connectivity index (χ1v) is 13.3. The molecule has 2 aromatic carbocycles. The van der Waals surface area contributed by atoms with Crippen molar-refractivity contribution < 1.29 is 23.0 Å². The number of nitrogens with zero attached hydrogens (tertiary/aromatic N) is 3. The van der Waals surface area contributed by atoms with Gasteiger partial charge in [0.15, 0.2) is 16.5 Å². The van der Waals surface area contributed by atoms with Gasteiger partial charge in [0.05, 0.1) is 24.0 Å². The highest BCUT2D eigenvalue weighted by Crippen LogP contribution is 2.67. The molecule has 3 heterocycles. The number of benzene rings is 2. The Labute approximate surface area is 210 Å². The van der Waals surface area contributed by atoms with Crippen LogP contribution in [0, 0.1) is 11.7 Å². The van der Waals surface area contributed by atoms with E-state index in [9.17, 15) is 13.5 Å². The molecule has 0 radical (unpaired) electrons. The maximum absolute atomic E-state index is 14.9.